The molecule has 0 aliphatic rings. The SMILES string of the molecule is CNc1nc(-c2cccnc2)nc2ccc(-c3ccc(F)cc3F)c(C)c12. The Balaban J connectivity index is 1.95. The highest BCUT2D eigenvalue weighted by atomic mass is 19.1. The Kier molecular flexibility index (Phi) is 4.24. The van der Waals surface area contributed by atoms with Gasteiger partial charge in [-0.2, -0.15) is 0 Å². The number of pyridine rings is 1. The van der Waals surface area contributed by atoms with Crippen LogP contribution in [0.4, 0.5) is 14.6 Å². The second-order valence-electron chi connectivity index (χ2n) is 6.14. The Hall–Kier alpha value is -3.41. The molecule has 0 aliphatic carbocycles. The standard InChI is InChI=1S/C21H16F2N4/c1-12-15(16-6-5-14(22)10-17(16)23)7-8-18-19(12)21(24-2)27-20(26-18)13-4-3-9-25-11-13/h3-11H,1-2H3,(H,24,26,27). The van der Waals surface area contributed by atoms with Crippen molar-refractivity contribution >= 4 is 16.7 Å². The van der Waals surface area contributed by atoms with E-state index in [0.29, 0.717) is 22.8 Å². The molecule has 0 aliphatic heterocycles. The molecular weight excluding hydrogens is 346 g/mol. The number of aromatic nitrogens is 3. The van der Waals surface area contributed by atoms with Gasteiger partial charge in [-0.05, 0) is 48.4 Å². The van der Waals surface area contributed by atoms with Gasteiger partial charge in [0, 0.05) is 42.0 Å². The van der Waals surface area contributed by atoms with Gasteiger partial charge in [-0.15, -0.1) is 0 Å². The van der Waals surface area contributed by atoms with Crippen LogP contribution in [0.25, 0.3) is 33.4 Å². The number of hydrogen-bond donors (Lipinski definition) is 1. The van der Waals surface area contributed by atoms with Crippen molar-refractivity contribution in [2.75, 3.05) is 12.4 Å². The molecule has 2 heterocycles. The summed E-state index contributed by atoms with van der Waals surface area (Å²) in [6.07, 6.45) is 3.40. The summed E-state index contributed by atoms with van der Waals surface area (Å²) >= 11 is 0. The van der Waals surface area contributed by atoms with Crippen molar-refractivity contribution in [2.24, 2.45) is 0 Å². The van der Waals surface area contributed by atoms with Gasteiger partial charge in [-0.3, -0.25) is 4.98 Å². The van der Waals surface area contributed by atoms with E-state index in [1.54, 1.807) is 25.5 Å². The van der Waals surface area contributed by atoms with Gasteiger partial charge in [0.1, 0.15) is 17.5 Å². The number of nitrogens with one attached hydrogen (secondary N) is 1. The van der Waals surface area contributed by atoms with Crippen molar-refractivity contribution in [1.29, 1.82) is 0 Å². The van der Waals surface area contributed by atoms with E-state index in [-0.39, 0.29) is 0 Å². The predicted octanol–water partition coefficient (Wildman–Crippen LogP) is 4.99. The average molecular weight is 362 g/mol. The molecule has 134 valence electrons. The fourth-order valence-electron chi connectivity index (χ4n) is 3.20. The van der Waals surface area contributed by atoms with E-state index >= 15 is 0 Å². The first-order valence-electron chi connectivity index (χ1n) is 8.43. The molecule has 4 rings (SSSR count). The minimum Gasteiger partial charge on any atom is -0.373 e. The minimum atomic E-state index is -0.602. The topological polar surface area (TPSA) is 50.7 Å². The van der Waals surface area contributed by atoms with Gasteiger partial charge in [0.05, 0.1) is 5.52 Å². The van der Waals surface area contributed by atoms with Crippen LogP contribution < -0.4 is 5.32 Å². The Labute approximate surface area is 154 Å². The highest BCUT2D eigenvalue weighted by molar-refractivity contribution is 5.97. The van der Waals surface area contributed by atoms with E-state index in [1.807, 2.05) is 25.1 Å². The summed E-state index contributed by atoms with van der Waals surface area (Å²) in [5, 5.41) is 3.90. The van der Waals surface area contributed by atoms with Crippen molar-refractivity contribution in [2.45, 2.75) is 6.92 Å². The first-order valence-corrected chi connectivity index (χ1v) is 8.43. The second kappa shape index (κ2) is 6.72. The van der Waals surface area contributed by atoms with Gasteiger partial charge >= 0.3 is 0 Å². The molecular formula is C21H16F2N4. The van der Waals surface area contributed by atoms with Crippen molar-refractivity contribution < 1.29 is 8.78 Å². The molecule has 6 heteroatoms. The number of fused-ring (bicyclic) bond motifs is 1. The summed E-state index contributed by atoms with van der Waals surface area (Å²) in [4.78, 5) is 13.4. The molecule has 4 nitrogen and oxygen atoms in total. The number of halogens is 2. The molecule has 27 heavy (non-hydrogen) atoms. The van der Waals surface area contributed by atoms with Crippen molar-refractivity contribution in [3.8, 4) is 22.5 Å². The number of hydrogen-bond acceptors (Lipinski definition) is 4. The molecule has 0 spiro atoms. The average Bonchev–Trinajstić information content (AvgIpc) is 2.69. The maximum absolute atomic E-state index is 14.3. The van der Waals surface area contributed by atoms with Gasteiger partial charge in [0.25, 0.3) is 0 Å². The van der Waals surface area contributed by atoms with E-state index < -0.39 is 11.6 Å². The molecule has 0 unspecified atom stereocenters. The van der Waals surface area contributed by atoms with Crippen LogP contribution >= 0.6 is 0 Å². The van der Waals surface area contributed by atoms with Crippen LogP contribution in [0.5, 0.6) is 0 Å². The molecule has 0 atom stereocenters. The maximum Gasteiger partial charge on any atom is 0.163 e. The van der Waals surface area contributed by atoms with E-state index in [0.717, 1.165) is 28.1 Å². The third-order valence-corrected chi connectivity index (χ3v) is 4.50. The molecule has 0 saturated carbocycles. The number of aryl methyl sites for hydroxylation is 1. The maximum atomic E-state index is 14.3. The van der Waals surface area contributed by atoms with Gasteiger partial charge in [0.15, 0.2) is 5.82 Å². The minimum absolute atomic E-state index is 0.342. The highest BCUT2D eigenvalue weighted by Gasteiger charge is 2.16. The summed E-state index contributed by atoms with van der Waals surface area (Å²) in [5.41, 5.74) is 3.38. The van der Waals surface area contributed by atoms with E-state index in [9.17, 15) is 8.78 Å². The number of anilines is 1. The predicted molar refractivity (Wildman–Crippen MR) is 102 cm³/mol. The molecule has 4 aromatic rings. The lowest BCUT2D eigenvalue weighted by molar-refractivity contribution is 0.585. The summed E-state index contributed by atoms with van der Waals surface area (Å²) in [6.45, 7) is 1.88. The van der Waals surface area contributed by atoms with Crippen LogP contribution in [0.1, 0.15) is 5.56 Å². The van der Waals surface area contributed by atoms with Crippen LogP contribution in [0.3, 0.4) is 0 Å². The monoisotopic (exact) mass is 362 g/mol. The summed E-state index contributed by atoms with van der Waals surface area (Å²) in [7, 11) is 1.78. The van der Waals surface area contributed by atoms with Crippen LogP contribution in [-0.2, 0) is 0 Å². The van der Waals surface area contributed by atoms with E-state index in [1.165, 1.54) is 12.1 Å². The second-order valence-corrected chi connectivity index (χ2v) is 6.14. The molecule has 0 bridgehead atoms. The Morgan fingerprint density at radius 1 is 0.963 bits per heavy atom. The van der Waals surface area contributed by atoms with E-state index in [2.05, 4.69) is 20.3 Å². The lowest BCUT2D eigenvalue weighted by atomic mass is 9.96. The molecule has 2 aromatic heterocycles. The Morgan fingerprint density at radius 2 is 1.78 bits per heavy atom. The normalized spacial score (nSPS) is 11.0. The summed E-state index contributed by atoms with van der Waals surface area (Å²) < 4.78 is 27.6. The molecule has 2 aromatic carbocycles. The third kappa shape index (κ3) is 2.99. The highest BCUT2D eigenvalue weighted by Crippen LogP contribution is 2.34. The zero-order valence-corrected chi connectivity index (χ0v) is 14.8. The fourth-order valence-corrected chi connectivity index (χ4v) is 3.20. The Bertz CT molecular complexity index is 1140. The largest absolute Gasteiger partial charge is 0.373 e. The first kappa shape index (κ1) is 17.0. The van der Waals surface area contributed by atoms with Gasteiger partial charge in [-0.25, -0.2) is 18.7 Å². The molecule has 0 saturated heterocycles. The fraction of sp³-hybridized carbons (Fsp3) is 0.0952. The summed E-state index contributed by atoms with van der Waals surface area (Å²) in [6, 6.07) is 10.9. The molecule has 1 N–H and O–H groups in total. The number of nitrogens with zero attached hydrogens (tertiary/aromatic N) is 3. The molecule has 0 radical (unpaired) electrons. The van der Waals surface area contributed by atoms with Crippen LogP contribution in [0.2, 0.25) is 0 Å². The quantitative estimate of drug-likeness (QED) is 0.558. The Morgan fingerprint density at radius 3 is 2.48 bits per heavy atom. The molecule has 0 amide bonds. The van der Waals surface area contributed by atoms with Gasteiger partial charge < -0.3 is 5.32 Å². The van der Waals surface area contributed by atoms with Gasteiger partial charge in [-0.1, -0.05) is 6.07 Å². The third-order valence-electron chi connectivity index (χ3n) is 4.50. The zero-order chi connectivity index (χ0) is 19.0. The zero-order valence-electron chi connectivity index (χ0n) is 14.8. The van der Waals surface area contributed by atoms with Gasteiger partial charge in [0.2, 0.25) is 0 Å². The van der Waals surface area contributed by atoms with Crippen LogP contribution in [-0.4, -0.2) is 22.0 Å². The lowest BCUT2D eigenvalue weighted by Gasteiger charge is -2.14. The first-order chi connectivity index (χ1) is 13.1. The van der Waals surface area contributed by atoms with Crippen molar-refractivity contribution in [1.82, 2.24) is 15.0 Å². The van der Waals surface area contributed by atoms with Crippen molar-refractivity contribution in [3.63, 3.8) is 0 Å². The van der Waals surface area contributed by atoms with Crippen LogP contribution in [0.15, 0.2) is 54.9 Å². The smallest absolute Gasteiger partial charge is 0.163 e. The van der Waals surface area contributed by atoms with Crippen molar-refractivity contribution in [3.05, 3.63) is 72.1 Å². The number of benzene rings is 2. The van der Waals surface area contributed by atoms with E-state index in [4.69, 9.17) is 0 Å². The number of rotatable bonds is 3. The summed E-state index contributed by atoms with van der Waals surface area (Å²) in [5.74, 6) is -0.00723. The molecule has 0 fully saturated rings. The van der Waals surface area contributed by atoms with Crippen LogP contribution in [0, 0.1) is 18.6 Å². The lowest BCUT2D eigenvalue weighted by Crippen LogP contribution is -2.01.